The number of rotatable bonds is 5. The average molecular weight is 283 g/mol. The average Bonchev–Trinajstić information content (AvgIpc) is 2.76. The van der Waals surface area contributed by atoms with Gasteiger partial charge in [0.05, 0.1) is 17.6 Å². The van der Waals surface area contributed by atoms with Crippen molar-refractivity contribution < 1.29 is 0 Å². The summed E-state index contributed by atoms with van der Waals surface area (Å²) in [5.74, 6) is 2.68. The molecule has 4 nitrogen and oxygen atoms in total. The molecule has 2 aromatic rings. The molecule has 0 N–H and O–H groups in total. The van der Waals surface area contributed by atoms with Crippen LogP contribution in [0.15, 0.2) is 18.5 Å². The molecule has 6 heteroatoms. The topological polar surface area (TPSA) is 43.6 Å². The van der Waals surface area contributed by atoms with Gasteiger partial charge in [0.1, 0.15) is 11.0 Å². The lowest BCUT2D eigenvalue weighted by molar-refractivity contribution is 0.768. The van der Waals surface area contributed by atoms with Crippen LogP contribution in [0.1, 0.15) is 19.2 Å². The molecule has 0 amide bonds. The lowest BCUT2D eigenvalue weighted by atomic mass is 10.2. The fraction of sp³-hybridized carbons (Fsp3) is 0.417. The van der Waals surface area contributed by atoms with Crippen molar-refractivity contribution in [2.45, 2.75) is 19.1 Å². The molecule has 0 aliphatic heterocycles. The maximum absolute atomic E-state index is 6.03. The number of aromatic nitrogens is 4. The van der Waals surface area contributed by atoms with E-state index in [0.29, 0.717) is 5.15 Å². The van der Waals surface area contributed by atoms with E-state index in [2.05, 4.69) is 22.0 Å². The molecule has 18 heavy (non-hydrogen) atoms. The van der Waals surface area contributed by atoms with Crippen LogP contribution in [0.5, 0.6) is 0 Å². The Morgan fingerprint density at radius 3 is 2.89 bits per heavy atom. The summed E-state index contributed by atoms with van der Waals surface area (Å²) < 4.78 is 1.75. The number of hydrogen-bond donors (Lipinski definition) is 0. The Bertz CT molecular complexity index is 527. The van der Waals surface area contributed by atoms with Crippen molar-refractivity contribution in [2.75, 3.05) is 5.75 Å². The summed E-state index contributed by atoms with van der Waals surface area (Å²) in [7, 11) is 1.88. The highest BCUT2D eigenvalue weighted by molar-refractivity contribution is 7.98. The summed E-state index contributed by atoms with van der Waals surface area (Å²) in [6.07, 6.45) is 4.85. The number of thioether (sulfide) groups is 1. The van der Waals surface area contributed by atoms with Crippen molar-refractivity contribution in [3.8, 4) is 11.3 Å². The molecule has 0 saturated heterocycles. The van der Waals surface area contributed by atoms with E-state index < -0.39 is 0 Å². The van der Waals surface area contributed by atoms with Gasteiger partial charge in [-0.25, -0.2) is 9.97 Å². The SMILES string of the molecule is CCCSCc1nc(Cl)cc(-c2cnn(C)c2)n1. The van der Waals surface area contributed by atoms with Crippen molar-refractivity contribution in [3.05, 3.63) is 29.4 Å². The van der Waals surface area contributed by atoms with Crippen LogP contribution in [0.2, 0.25) is 5.15 Å². The molecule has 2 heterocycles. The minimum Gasteiger partial charge on any atom is -0.275 e. The fourth-order valence-electron chi connectivity index (χ4n) is 1.54. The van der Waals surface area contributed by atoms with E-state index in [-0.39, 0.29) is 0 Å². The van der Waals surface area contributed by atoms with Gasteiger partial charge < -0.3 is 0 Å². The van der Waals surface area contributed by atoms with Gasteiger partial charge in [0.15, 0.2) is 0 Å². The second-order valence-electron chi connectivity index (χ2n) is 3.95. The quantitative estimate of drug-likeness (QED) is 0.624. The standard InChI is InChI=1S/C12H15ClN4S/c1-3-4-18-8-12-15-10(5-11(13)16-12)9-6-14-17(2)7-9/h5-7H,3-4,8H2,1-2H3. The normalized spacial score (nSPS) is 10.8. The molecule has 0 bridgehead atoms. The molecule has 0 aromatic carbocycles. The molecule has 96 valence electrons. The molecule has 2 aromatic heterocycles. The van der Waals surface area contributed by atoms with Crippen molar-refractivity contribution >= 4 is 23.4 Å². The smallest absolute Gasteiger partial charge is 0.140 e. The van der Waals surface area contributed by atoms with Crippen LogP contribution in [0.4, 0.5) is 0 Å². The Balaban J connectivity index is 2.21. The van der Waals surface area contributed by atoms with Gasteiger partial charge >= 0.3 is 0 Å². The Morgan fingerprint density at radius 2 is 2.22 bits per heavy atom. The second-order valence-corrected chi connectivity index (χ2v) is 5.44. The highest BCUT2D eigenvalue weighted by atomic mass is 35.5. The van der Waals surface area contributed by atoms with Gasteiger partial charge in [-0.3, -0.25) is 4.68 Å². The summed E-state index contributed by atoms with van der Waals surface area (Å²) in [4.78, 5) is 8.76. The molecule has 0 aliphatic rings. The predicted molar refractivity (Wildman–Crippen MR) is 75.7 cm³/mol. The Kier molecular flexibility index (Phi) is 4.60. The minimum absolute atomic E-state index is 0.482. The number of halogens is 1. The van der Waals surface area contributed by atoms with Gasteiger partial charge in [0.2, 0.25) is 0 Å². The molecule has 2 rings (SSSR count). The van der Waals surface area contributed by atoms with Crippen molar-refractivity contribution in [1.29, 1.82) is 0 Å². The van der Waals surface area contributed by atoms with Gasteiger partial charge in [0.25, 0.3) is 0 Å². The zero-order valence-electron chi connectivity index (χ0n) is 10.4. The minimum atomic E-state index is 0.482. The third-order valence-electron chi connectivity index (χ3n) is 2.32. The summed E-state index contributed by atoms with van der Waals surface area (Å²) in [6, 6.07) is 1.77. The number of hydrogen-bond acceptors (Lipinski definition) is 4. The summed E-state index contributed by atoms with van der Waals surface area (Å²) in [5, 5.41) is 4.62. The lowest BCUT2D eigenvalue weighted by Crippen LogP contribution is -1.96. The van der Waals surface area contributed by atoms with Crippen LogP contribution < -0.4 is 0 Å². The highest BCUT2D eigenvalue weighted by Gasteiger charge is 2.07. The third-order valence-corrected chi connectivity index (χ3v) is 3.67. The van der Waals surface area contributed by atoms with Crippen LogP contribution in [-0.4, -0.2) is 25.5 Å². The zero-order chi connectivity index (χ0) is 13.0. The van der Waals surface area contributed by atoms with Gasteiger partial charge in [0, 0.05) is 24.9 Å². The highest BCUT2D eigenvalue weighted by Crippen LogP contribution is 2.21. The first-order valence-electron chi connectivity index (χ1n) is 5.79. The largest absolute Gasteiger partial charge is 0.275 e. The Hall–Kier alpha value is -1.07. The van der Waals surface area contributed by atoms with Crippen molar-refractivity contribution in [2.24, 2.45) is 7.05 Å². The van der Waals surface area contributed by atoms with Crippen LogP contribution in [0, 0.1) is 0 Å². The number of aryl methyl sites for hydroxylation is 1. The first-order chi connectivity index (χ1) is 8.69. The van der Waals surface area contributed by atoms with Crippen molar-refractivity contribution in [3.63, 3.8) is 0 Å². The van der Waals surface area contributed by atoms with Gasteiger partial charge in [-0.2, -0.15) is 16.9 Å². The van der Waals surface area contributed by atoms with Crippen LogP contribution in [-0.2, 0) is 12.8 Å². The maximum Gasteiger partial charge on any atom is 0.140 e. The third kappa shape index (κ3) is 3.46. The van der Waals surface area contributed by atoms with Crippen molar-refractivity contribution in [1.82, 2.24) is 19.7 Å². The fourth-order valence-corrected chi connectivity index (χ4v) is 2.48. The molecular weight excluding hydrogens is 268 g/mol. The van der Waals surface area contributed by atoms with Gasteiger partial charge in [-0.1, -0.05) is 18.5 Å². The lowest BCUT2D eigenvalue weighted by Gasteiger charge is -2.03. The molecule has 0 radical (unpaired) electrons. The second kappa shape index (κ2) is 6.20. The number of nitrogens with zero attached hydrogens (tertiary/aromatic N) is 4. The predicted octanol–water partition coefficient (Wildman–Crippen LogP) is 3.17. The molecule has 0 fully saturated rings. The molecule has 0 atom stereocenters. The van der Waals surface area contributed by atoms with Gasteiger partial charge in [-0.05, 0) is 12.2 Å². The van der Waals surface area contributed by atoms with Gasteiger partial charge in [-0.15, -0.1) is 0 Å². The van der Waals surface area contributed by atoms with E-state index in [4.69, 9.17) is 11.6 Å². The molecule has 0 spiro atoms. The summed E-state index contributed by atoms with van der Waals surface area (Å²) >= 11 is 7.85. The van der Waals surface area contributed by atoms with E-state index in [1.807, 2.05) is 25.0 Å². The van der Waals surface area contributed by atoms with E-state index in [9.17, 15) is 0 Å². The van der Waals surface area contributed by atoms with Crippen LogP contribution >= 0.6 is 23.4 Å². The molecular formula is C12H15ClN4S. The first-order valence-corrected chi connectivity index (χ1v) is 7.32. The summed E-state index contributed by atoms with van der Waals surface area (Å²) in [6.45, 7) is 2.16. The van der Waals surface area contributed by atoms with Crippen LogP contribution in [0.25, 0.3) is 11.3 Å². The Morgan fingerprint density at radius 1 is 1.39 bits per heavy atom. The molecule has 0 saturated carbocycles. The summed E-state index contributed by atoms with van der Waals surface area (Å²) in [5.41, 5.74) is 1.79. The zero-order valence-corrected chi connectivity index (χ0v) is 12.0. The Labute approximate surface area is 116 Å². The molecule has 0 aliphatic carbocycles. The van der Waals surface area contributed by atoms with E-state index >= 15 is 0 Å². The monoisotopic (exact) mass is 282 g/mol. The van der Waals surface area contributed by atoms with E-state index in [1.165, 1.54) is 0 Å². The molecule has 0 unspecified atom stereocenters. The van der Waals surface area contributed by atoms with E-state index in [1.54, 1.807) is 16.9 Å². The first kappa shape index (κ1) is 13.4. The maximum atomic E-state index is 6.03. The van der Waals surface area contributed by atoms with Crippen LogP contribution in [0.3, 0.4) is 0 Å². The van der Waals surface area contributed by atoms with E-state index in [0.717, 1.165) is 35.0 Å².